The molecule has 4 unspecified atom stereocenters. The standard InChI is InChI=1S/C24H20N4O8.2C23H18N4O8.C23H18N4O7/c1-12-6-4-5-7-15(12)13(2)33-23(31)26-18-14(3)36-28-16(18)8-9-17-25-19-20(34-17)27-21(35-19)24(22(29)30)10-32-11-24;1-12-5-3-4-6-14(12)13(2)32-22(30)25-15-9-24-35-16(15)7-8-17-26-18-19(33-17)27-20(34-18)23(21(28)29)10-31-11-23;1-12-5-3-4-6-14(12)13(2)33-22(30)24-16-9-32-27-15(16)7-8-17-25-18-19(34-17)26-20(35-18)23(21(28)29)10-31-11-23;1-12(14-6-4-3-5-7-14)31-22(30)25-17-13(2)34-27-15(17)8-9-16-24-18-19(32-16)26-20(33-18)23(10-11-23)21(28)29/h4-7,13H,10-11H2,1-3H3,(H,26,31)(H,29,30);3-6,9,13H,10-11H2,1-2H3,(H,25,30)(H,28,29);3-6,9,13H,10-11H2,1-2H3,(H,24,30)(H,28,29);3-7,12H,10-11H2,1-2H3,(H,25,30)(H,28,29). The fraction of sp³-hybridized carbons (Fsp3) is 0.269. The second-order valence-corrected chi connectivity index (χ2v) is 31.9. The van der Waals surface area contributed by atoms with Crippen LogP contribution in [0.1, 0.15) is 185 Å². The van der Waals surface area contributed by atoms with Crippen LogP contribution in [-0.2, 0) is 74.0 Å². The second kappa shape index (κ2) is 38.8. The van der Waals surface area contributed by atoms with Crippen molar-refractivity contribution in [1.82, 2.24) is 60.5 Å². The quantitative estimate of drug-likeness (QED) is 0.0259. The van der Waals surface area contributed by atoms with Crippen LogP contribution >= 0.6 is 0 Å². The van der Waals surface area contributed by atoms with Gasteiger partial charge in [0.05, 0.1) is 45.8 Å². The molecule has 15 heterocycles. The van der Waals surface area contributed by atoms with Crippen molar-refractivity contribution in [3.05, 3.63) is 236 Å². The minimum Gasteiger partial charge on any atom is -0.480 e. The molecule has 3 saturated heterocycles. The Morgan fingerprint density at radius 3 is 1.01 bits per heavy atom. The molecule has 16 aromatic rings. The van der Waals surface area contributed by atoms with Crippen LogP contribution in [0.5, 0.6) is 0 Å². The number of carboxylic acid groups (broad SMARTS) is 4. The van der Waals surface area contributed by atoms with Crippen LogP contribution in [0.2, 0.25) is 0 Å². The van der Waals surface area contributed by atoms with Crippen LogP contribution in [-0.4, -0.2) is 169 Å². The van der Waals surface area contributed by atoms with Crippen LogP contribution in [0, 0.1) is 82.0 Å². The summed E-state index contributed by atoms with van der Waals surface area (Å²) in [5, 5.41) is 63.1. The zero-order valence-corrected chi connectivity index (χ0v) is 74.6. The molecule has 4 atom stereocenters. The zero-order chi connectivity index (χ0) is 98.5. The van der Waals surface area contributed by atoms with Gasteiger partial charge in [0.15, 0.2) is 44.8 Å². The minimum absolute atomic E-state index is 0.00140. The molecule has 0 bridgehead atoms. The molecule has 47 nitrogen and oxygen atoms in total. The highest BCUT2D eigenvalue weighted by molar-refractivity contribution is 5.90. The van der Waals surface area contributed by atoms with Crippen molar-refractivity contribution in [3.63, 3.8) is 0 Å². The van der Waals surface area contributed by atoms with Gasteiger partial charge in [-0.25, -0.2) is 19.2 Å². The normalized spacial score (nSPS) is 14.9. The maximum atomic E-state index is 12.5. The molecule has 4 aliphatic rings. The van der Waals surface area contributed by atoms with Crippen molar-refractivity contribution in [2.24, 2.45) is 0 Å². The number of aryl methyl sites for hydroxylation is 5. The monoisotopic (exact) mass is 1910 g/mol. The fourth-order valence-electron chi connectivity index (χ4n) is 14.0. The number of carbonyl (C=O) groups is 8. The zero-order valence-electron chi connectivity index (χ0n) is 74.6. The first-order chi connectivity index (χ1) is 67.3. The molecule has 47 heteroatoms. The molecule has 712 valence electrons. The van der Waals surface area contributed by atoms with E-state index in [1.165, 1.54) is 12.5 Å². The fourth-order valence-corrected chi connectivity index (χ4v) is 14.0. The summed E-state index contributed by atoms with van der Waals surface area (Å²) >= 11 is 0. The average Bonchev–Trinajstić information content (AvgIpc) is 1.55. The van der Waals surface area contributed by atoms with Crippen LogP contribution in [0.3, 0.4) is 0 Å². The number of fused-ring (bicyclic) bond motifs is 4. The Morgan fingerprint density at radius 1 is 0.350 bits per heavy atom. The lowest BCUT2D eigenvalue weighted by molar-refractivity contribution is -0.166. The Kier molecular flexibility index (Phi) is 25.9. The number of hydrogen-bond acceptors (Lipinski definition) is 39. The van der Waals surface area contributed by atoms with Gasteiger partial charge >= 0.3 is 48.3 Å². The number of nitrogens with zero attached hydrogens (tertiary/aromatic N) is 12. The highest BCUT2D eigenvalue weighted by Crippen LogP contribution is 2.49. The van der Waals surface area contributed by atoms with Crippen molar-refractivity contribution in [3.8, 4) is 47.4 Å². The summed E-state index contributed by atoms with van der Waals surface area (Å²) in [6.45, 7) is 15.8. The maximum Gasteiger partial charge on any atom is 0.412 e. The molecule has 4 amide bonds. The largest absolute Gasteiger partial charge is 0.480 e. The first-order valence-corrected chi connectivity index (χ1v) is 42.1. The third-order valence-corrected chi connectivity index (χ3v) is 22.2. The number of nitrogens with one attached hydrogen (secondary N) is 4. The molecular formula is C93H74N16O31. The molecule has 8 N–H and O–H groups in total. The molecular weight excluding hydrogens is 1840 g/mol. The third kappa shape index (κ3) is 19.5. The van der Waals surface area contributed by atoms with E-state index in [0.717, 1.165) is 38.9 Å². The Hall–Kier alpha value is -18.5. The predicted molar refractivity (Wildman–Crippen MR) is 469 cm³/mol. The van der Waals surface area contributed by atoms with Gasteiger partial charge in [-0.15, -0.1) is 0 Å². The summed E-state index contributed by atoms with van der Waals surface area (Å²) in [6, 6.07) is 32.1. The van der Waals surface area contributed by atoms with Crippen LogP contribution in [0.15, 0.2) is 169 Å². The second-order valence-electron chi connectivity index (χ2n) is 31.9. The number of aliphatic carboxylic acids is 4. The number of anilines is 4. The summed E-state index contributed by atoms with van der Waals surface area (Å²) in [7, 11) is 0. The lowest BCUT2D eigenvalue weighted by Crippen LogP contribution is -2.53. The molecule has 4 aromatic carbocycles. The van der Waals surface area contributed by atoms with Gasteiger partial charge in [0.1, 0.15) is 58.8 Å². The number of carboxylic acids is 4. The van der Waals surface area contributed by atoms with Crippen molar-refractivity contribution in [2.45, 2.75) is 121 Å². The average molecular weight is 1910 g/mol. The number of hydrogen-bond donors (Lipinski definition) is 8. The van der Waals surface area contributed by atoms with E-state index in [1.54, 1.807) is 41.5 Å². The number of benzene rings is 4. The maximum absolute atomic E-state index is 12.5. The first-order valence-electron chi connectivity index (χ1n) is 42.1. The number of rotatable bonds is 20. The molecule has 0 spiro atoms. The predicted octanol–water partition coefficient (Wildman–Crippen LogP) is 13.8. The Bertz CT molecular complexity index is 7400. The van der Waals surface area contributed by atoms with Crippen LogP contribution < -0.4 is 21.3 Å². The van der Waals surface area contributed by atoms with Gasteiger partial charge in [-0.1, -0.05) is 124 Å². The minimum atomic E-state index is -1.35. The van der Waals surface area contributed by atoms with E-state index in [2.05, 4.69) is 129 Å². The van der Waals surface area contributed by atoms with Crippen molar-refractivity contribution in [2.75, 3.05) is 60.9 Å². The van der Waals surface area contributed by atoms with E-state index >= 15 is 0 Å². The Labute approximate surface area is 784 Å². The summed E-state index contributed by atoms with van der Waals surface area (Å²) in [6.07, 6.45) is -1.29. The molecule has 3 aliphatic heterocycles. The molecule has 12 aromatic heterocycles. The SMILES string of the molecule is Cc1ccccc1C(C)OC(=O)Nc1c(C#Cc2nc3oc(C4(C(=O)O)COC4)nc3o2)noc1C.Cc1ccccc1C(C)OC(=O)Nc1cnoc1C#Cc1nc2oc(C3(C(=O)O)COC3)nc2o1.Cc1ccccc1C(C)OC(=O)Nc1conc1C#Cc1nc2oc(C3(C(=O)O)COC3)nc2o1.Cc1onc(C#Cc2nc3oc(C4(C(=O)O)CC4)nc3o2)c1NC(=O)OC(C)c1ccccc1. The van der Waals surface area contributed by atoms with Crippen molar-refractivity contribution in [1.29, 1.82) is 0 Å². The van der Waals surface area contributed by atoms with E-state index in [-0.39, 0.29) is 178 Å². The van der Waals surface area contributed by atoms with E-state index < -0.39 is 94.3 Å². The highest BCUT2D eigenvalue weighted by Gasteiger charge is 2.58. The van der Waals surface area contributed by atoms with E-state index in [4.69, 9.17) is 86.6 Å². The summed E-state index contributed by atoms with van der Waals surface area (Å²) in [4.78, 5) is 128. The lowest BCUT2D eigenvalue weighted by Gasteiger charge is -2.33. The van der Waals surface area contributed by atoms with Gasteiger partial charge in [0.2, 0.25) is 29.3 Å². The highest BCUT2D eigenvalue weighted by atomic mass is 16.6. The van der Waals surface area contributed by atoms with Gasteiger partial charge < -0.3 is 107 Å². The van der Waals surface area contributed by atoms with Gasteiger partial charge in [0.25, 0.3) is 69.3 Å². The molecule has 0 radical (unpaired) electrons. The van der Waals surface area contributed by atoms with Gasteiger partial charge in [-0.3, -0.25) is 40.4 Å². The topological polar surface area (TPSA) is 643 Å². The lowest BCUT2D eigenvalue weighted by atomic mass is 9.86. The summed E-state index contributed by atoms with van der Waals surface area (Å²) in [5.74, 6) is 17.6. The number of carbonyl (C=O) groups excluding carboxylic acids is 4. The molecule has 1 saturated carbocycles. The Morgan fingerprint density at radius 2 is 0.671 bits per heavy atom. The summed E-state index contributed by atoms with van der Waals surface area (Å²) in [5.41, 5.74) is 2.80. The van der Waals surface area contributed by atoms with Gasteiger partial charge in [-0.2, -0.15) is 39.9 Å². The van der Waals surface area contributed by atoms with Crippen molar-refractivity contribution < 1.29 is 145 Å². The summed E-state index contributed by atoms with van der Waals surface area (Å²) < 4.78 is 101. The van der Waals surface area contributed by atoms with Crippen LogP contribution in [0.25, 0.3) is 45.7 Å². The van der Waals surface area contributed by atoms with Crippen molar-refractivity contribution >= 4 is 117 Å². The number of aromatic nitrogens is 12. The van der Waals surface area contributed by atoms with E-state index in [1.807, 2.05) is 124 Å². The van der Waals surface area contributed by atoms with Crippen LogP contribution in [0.4, 0.5) is 41.9 Å². The van der Waals surface area contributed by atoms with E-state index in [0.29, 0.717) is 24.4 Å². The van der Waals surface area contributed by atoms with Gasteiger partial charge in [0, 0.05) is 23.7 Å². The molecule has 1 aliphatic carbocycles. The first kappa shape index (κ1) is 93.3. The van der Waals surface area contributed by atoms with E-state index in [9.17, 15) is 58.8 Å². The number of ether oxygens (including phenoxy) is 7. The Balaban J connectivity index is 0.000000129. The molecule has 4 fully saturated rings. The molecule has 140 heavy (non-hydrogen) atoms. The molecule has 20 rings (SSSR count). The number of amides is 4. The van der Waals surface area contributed by atoms with Gasteiger partial charge in [-0.05, 0) is 138 Å². The smallest absolute Gasteiger partial charge is 0.412 e. The third-order valence-electron chi connectivity index (χ3n) is 22.2. The number of oxazole rings is 8.